The number of aromatic nitrogens is 4. The van der Waals surface area contributed by atoms with E-state index in [-0.39, 0.29) is 0 Å². The van der Waals surface area contributed by atoms with Gasteiger partial charge in [0, 0.05) is 31.3 Å². The van der Waals surface area contributed by atoms with Gasteiger partial charge in [-0.1, -0.05) is 6.92 Å². The van der Waals surface area contributed by atoms with Crippen molar-refractivity contribution < 1.29 is 0 Å². The molecule has 1 fully saturated rings. The molecule has 0 atom stereocenters. The van der Waals surface area contributed by atoms with Crippen LogP contribution in [0.4, 0.5) is 5.82 Å². The van der Waals surface area contributed by atoms with Crippen LogP contribution in [0.2, 0.25) is 0 Å². The van der Waals surface area contributed by atoms with Crippen LogP contribution in [0.15, 0.2) is 6.20 Å². The minimum absolute atomic E-state index is 0.569. The number of nitrogen functional groups attached to an aromatic ring is 1. The first-order chi connectivity index (χ1) is 9.11. The number of nitrogens with zero attached hydrogens (tertiary/aromatic N) is 4. The average molecular weight is 259 g/mol. The smallest absolute Gasteiger partial charge is 0.132 e. The summed E-state index contributed by atoms with van der Waals surface area (Å²) in [6.45, 7) is 4.18. The summed E-state index contributed by atoms with van der Waals surface area (Å²) in [6.07, 6.45) is 6.53. The Labute approximate surface area is 113 Å². The molecule has 2 aromatic heterocycles. The van der Waals surface area contributed by atoms with Crippen molar-refractivity contribution in [2.45, 2.75) is 45.6 Å². The first kappa shape index (κ1) is 12.3. The molecule has 5 nitrogen and oxygen atoms in total. The van der Waals surface area contributed by atoms with Crippen molar-refractivity contribution in [3.8, 4) is 11.3 Å². The molecule has 1 saturated carbocycles. The Bertz CT molecular complexity index is 604. The number of imidazole rings is 1. The molecule has 102 valence electrons. The fraction of sp³-hybridized carbons (Fsp3) is 0.571. The van der Waals surface area contributed by atoms with Gasteiger partial charge >= 0.3 is 0 Å². The van der Waals surface area contributed by atoms with Gasteiger partial charge in [0.05, 0.1) is 5.69 Å². The van der Waals surface area contributed by atoms with Gasteiger partial charge in [-0.05, 0) is 26.2 Å². The maximum absolute atomic E-state index is 6.35. The van der Waals surface area contributed by atoms with Crippen LogP contribution < -0.4 is 5.73 Å². The van der Waals surface area contributed by atoms with Gasteiger partial charge in [-0.25, -0.2) is 4.98 Å². The van der Waals surface area contributed by atoms with E-state index in [9.17, 15) is 0 Å². The molecule has 1 aliphatic rings. The van der Waals surface area contributed by atoms with E-state index in [1.165, 1.54) is 12.8 Å². The van der Waals surface area contributed by atoms with Gasteiger partial charge < -0.3 is 10.3 Å². The van der Waals surface area contributed by atoms with E-state index in [2.05, 4.69) is 16.6 Å². The van der Waals surface area contributed by atoms with Crippen LogP contribution >= 0.6 is 0 Å². The number of rotatable bonds is 4. The van der Waals surface area contributed by atoms with E-state index in [1.54, 1.807) is 0 Å². The van der Waals surface area contributed by atoms with Crippen LogP contribution in [0.25, 0.3) is 11.3 Å². The van der Waals surface area contributed by atoms with Crippen molar-refractivity contribution >= 4 is 5.82 Å². The Kier molecular flexibility index (Phi) is 2.84. The molecule has 5 heteroatoms. The van der Waals surface area contributed by atoms with E-state index >= 15 is 0 Å². The molecular weight excluding hydrogens is 238 g/mol. The molecule has 19 heavy (non-hydrogen) atoms. The predicted octanol–water partition coefficient (Wildman–Crippen LogP) is 2.46. The highest BCUT2D eigenvalue weighted by molar-refractivity contribution is 5.72. The second-order valence-corrected chi connectivity index (χ2v) is 5.41. The summed E-state index contributed by atoms with van der Waals surface area (Å²) in [7, 11) is 1.93. The molecule has 3 rings (SSSR count). The summed E-state index contributed by atoms with van der Waals surface area (Å²) in [5.74, 6) is 1.93. The van der Waals surface area contributed by atoms with Crippen molar-refractivity contribution in [2.75, 3.05) is 5.73 Å². The van der Waals surface area contributed by atoms with Crippen molar-refractivity contribution in [1.29, 1.82) is 0 Å². The van der Waals surface area contributed by atoms with Gasteiger partial charge in [0.25, 0.3) is 0 Å². The Hall–Kier alpha value is -1.78. The highest BCUT2D eigenvalue weighted by Crippen LogP contribution is 2.41. The first-order valence-electron chi connectivity index (χ1n) is 6.99. The number of anilines is 1. The molecule has 0 aromatic carbocycles. The fourth-order valence-corrected chi connectivity index (χ4v) is 2.66. The molecule has 0 aliphatic heterocycles. The zero-order valence-corrected chi connectivity index (χ0v) is 11.8. The molecule has 2 heterocycles. The van der Waals surface area contributed by atoms with Crippen LogP contribution in [0.5, 0.6) is 0 Å². The molecule has 2 aromatic rings. The Morgan fingerprint density at radius 3 is 2.68 bits per heavy atom. The van der Waals surface area contributed by atoms with E-state index in [0.29, 0.717) is 6.04 Å². The number of nitrogens with two attached hydrogens (primary N) is 1. The quantitative estimate of drug-likeness (QED) is 0.917. The summed E-state index contributed by atoms with van der Waals surface area (Å²) in [5, 5.41) is 4.39. The van der Waals surface area contributed by atoms with Crippen LogP contribution in [0, 0.1) is 6.92 Å². The molecule has 1 aliphatic carbocycles. The normalized spacial score (nSPS) is 15.1. The van der Waals surface area contributed by atoms with Gasteiger partial charge in [-0.2, -0.15) is 5.10 Å². The summed E-state index contributed by atoms with van der Waals surface area (Å²) < 4.78 is 4.06. The van der Waals surface area contributed by atoms with Gasteiger partial charge in [0.1, 0.15) is 17.3 Å². The predicted molar refractivity (Wildman–Crippen MR) is 75.8 cm³/mol. The van der Waals surface area contributed by atoms with Crippen molar-refractivity contribution in [1.82, 2.24) is 19.3 Å². The summed E-state index contributed by atoms with van der Waals surface area (Å²) in [6, 6.07) is 0.569. The maximum Gasteiger partial charge on any atom is 0.132 e. The zero-order chi connectivity index (χ0) is 13.6. The van der Waals surface area contributed by atoms with Crippen molar-refractivity contribution in [2.24, 2.45) is 7.05 Å². The molecule has 0 radical (unpaired) electrons. The lowest BCUT2D eigenvalue weighted by Gasteiger charge is -2.07. The molecule has 2 N–H and O–H groups in total. The minimum atomic E-state index is 0.569. The van der Waals surface area contributed by atoms with E-state index < -0.39 is 0 Å². The molecule has 0 bridgehead atoms. The topological polar surface area (TPSA) is 61.7 Å². The maximum atomic E-state index is 6.35. The highest BCUT2D eigenvalue weighted by Gasteiger charge is 2.30. The standard InChI is InChI=1S/C14H21N5/c1-4-5-12-16-13(11-8-18(3)17-9(11)2)14(15)19(12)10-6-7-10/h8,10H,4-7,15H2,1-3H3. The lowest BCUT2D eigenvalue weighted by Crippen LogP contribution is -2.05. The Morgan fingerprint density at radius 2 is 2.16 bits per heavy atom. The lowest BCUT2D eigenvalue weighted by molar-refractivity contribution is 0.676. The third kappa shape index (κ3) is 2.03. The Morgan fingerprint density at radius 1 is 1.42 bits per heavy atom. The van der Waals surface area contributed by atoms with Crippen LogP contribution in [0.1, 0.15) is 43.7 Å². The lowest BCUT2D eigenvalue weighted by atomic mass is 10.2. The average Bonchev–Trinajstić information content (AvgIpc) is 3.05. The van der Waals surface area contributed by atoms with Crippen LogP contribution in [-0.2, 0) is 13.5 Å². The van der Waals surface area contributed by atoms with Crippen molar-refractivity contribution in [3.05, 3.63) is 17.7 Å². The van der Waals surface area contributed by atoms with Gasteiger partial charge in [0.15, 0.2) is 0 Å². The molecule has 0 spiro atoms. The molecule has 0 saturated heterocycles. The summed E-state index contributed by atoms with van der Waals surface area (Å²) in [5.41, 5.74) is 9.29. The monoisotopic (exact) mass is 259 g/mol. The highest BCUT2D eigenvalue weighted by atomic mass is 15.3. The first-order valence-corrected chi connectivity index (χ1v) is 6.99. The van der Waals surface area contributed by atoms with Crippen LogP contribution in [0.3, 0.4) is 0 Å². The van der Waals surface area contributed by atoms with Gasteiger partial charge in [-0.15, -0.1) is 0 Å². The number of aryl methyl sites for hydroxylation is 3. The Balaban J connectivity index is 2.11. The third-order valence-electron chi connectivity index (χ3n) is 3.68. The molecular formula is C14H21N5. The number of hydrogen-bond donors (Lipinski definition) is 1. The van der Waals surface area contributed by atoms with Gasteiger partial charge in [0.2, 0.25) is 0 Å². The SMILES string of the molecule is CCCc1nc(-c2cn(C)nc2C)c(N)n1C1CC1. The zero-order valence-electron chi connectivity index (χ0n) is 11.8. The van der Waals surface area contributed by atoms with E-state index in [4.69, 9.17) is 10.7 Å². The summed E-state index contributed by atoms with van der Waals surface area (Å²) >= 11 is 0. The summed E-state index contributed by atoms with van der Waals surface area (Å²) in [4.78, 5) is 4.79. The third-order valence-corrected chi connectivity index (χ3v) is 3.68. The van der Waals surface area contributed by atoms with Crippen LogP contribution in [-0.4, -0.2) is 19.3 Å². The minimum Gasteiger partial charge on any atom is -0.383 e. The van der Waals surface area contributed by atoms with E-state index in [0.717, 1.165) is 41.4 Å². The van der Waals surface area contributed by atoms with Gasteiger partial charge in [-0.3, -0.25) is 4.68 Å². The van der Waals surface area contributed by atoms with Crippen molar-refractivity contribution in [3.63, 3.8) is 0 Å². The molecule has 0 unspecified atom stereocenters. The second kappa shape index (κ2) is 4.40. The van der Waals surface area contributed by atoms with E-state index in [1.807, 2.05) is 24.9 Å². The second-order valence-electron chi connectivity index (χ2n) is 5.41. The fourth-order valence-electron chi connectivity index (χ4n) is 2.66. The number of hydrogen-bond acceptors (Lipinski definition) is 3. The molecule has 0 amide bonds. The largest absolute Gasteiger partial charge is 0.383 e.